The number of benzene rings is 1. The van der Waals surface area contributed by atoms with Crippen molar-refractivity contribution < 1.29 is 22.5 Å². The van der Waals surface area contributed by atoms with Crippen LogP contribution in [0.25, 0.3) is 0 Å². The van der Waals surface area contributed by atoms with Crippen molar-refractivity contribution in [2.45, 2.75) is 83.3 Å². The van der Waals surface area contributed by atoms with Crippen LogP contribution < -0.4 is 11.0 Å². The monoisotopic (exact) mass is 414 g/mol. The zero-order valence-electron chi connectivity index (χ0n) is 16.0. The van der Waals surface area contributed by atoms with E-state index in [1.54, 1.807) is 12.1 Å². The van der Waals surface area contributed by atoms with Crippen LogP contribution >= 0.6 is 15.9 Å². The molecule has 2 aliphatic carbocycles. The predicted molar refractivity (Wildman–Crippen MR) is 107 cm³/mol. The highest BCUT2D eigenvalue weighted by Gasteiger charge is 2.45. The van der Waals surface area contributed by atoms with Crippen LogP contribution in [0.1, 0.15) is 69.8 Å². The largest absolute Gasteiger partial charge is 0.561 e. The third-order valence-electron chi connectivity index (χ3n) is 5.22. The lowest BCUT2D eigenvalue weighted by Gasteiger charge is -2.28. The molecule has 2 aliphatic rings. The Morgan fingerprint density at radius 1 is 0.963 bits per heavy atom. The number of hydrogen-bond acceptors (Lipinski definition) is 6. The maximum atomic E-state index is 13.4. The van der Waals surface area contributed by atoms with Crippen LogP contribution in [0.15, 0.2) is 18.2 Å². The second kappa shape index (κ2) is 9.62. The van der Waals surface area contributed by atoms with Crippen molar-refractivity contribution in [1.82, 2.24) is 0 Å². The molecule has 27 heavy (non-hydrogen) atoms. The fourth-order valence-corrected chi connectivity index (χ4v) is 6.90. The quantitative estimate of drug-likeness (QED) is 0.450. The lowest BCUT2D eigenvalue weighted by molar-refractivity contribution is 0.0530. The number of phosphoric acid groups is 1. The normalized spacial score (nSPS) is 20.6. The minimum atomic E-state index is -3.95. The van der Waals surface area contributed by atoms with Gasteiger partial charge in [0, 0.05) is 0 Å². The molecule has 1 aromatic rings. The van der Waals surface area contributed by atoms with E-state index < -0.39 is 15.9 Å². The van der Waals surface area contributed by atoms with E-state index in [1.165, 1.54) is 0 Å². The van der Waals surface area contributed by atoms with E-state index in [9.17, 15) is 9.13 Å². The van der Waals surface area contributed by atoms with Crippen LogP contribution in [-0.2, 0) is 22.5 Å². The molecule has 0 aromatic heterocycles. The van der Waals surface area contributed by atoms with Gasteiger partial charge in [0.25, 0.3) is 0 Å². The average molecular weight is 414 g/mol. The molecule has 8 heteroatoms. The molecule has 2 N–H and O–H groups in total. The van der Waals surface area contributed by atoms with E-state index in [1.807, 2.05) is 13.0 Å². The summed E-state index contributed by atoms with van der Waals surface area (Å²) in [6, 6.07) is 5.20. The van der Waals surface area contributed by atoms with Gasteiger partial charge in [-0.2, -0.15) is 0 Å². The van der Waals surface area contributed by atoms with Gasteiger partial charge in [0.2, 0.25) is 5.30 Å². The van der Waals surface area contributed by atoms with Crippen LogP contribution in [0.4, 0.5) is 5.69 Å². The van der Waals surface area contributed by atoms with Gasteiger partial charge in [-0.3, -0.25) is 9.05 Å². The second-order valence-corrected chi connectivity index (χ2v) is 10.5. The van der Waals surface area contributed by atoms with Crippen LogP contribution in [0.3, 0.4) is 0 Å². The van der Waals surface area contributed by atoms with Gasteiger partial charge in [-0.15, -0.1) is 0 Å². The number of phosphoric ester groups is 1. The zero-order chi connectivity index (χ0) is 19.3. The molecular formula is C19H30NO5P2+. The predicted octanol–water partition coefficient (Wildman–Crippen LogP) is 5.77. The number of hydrogen-bond donors (Lipinski definition) is 1. The molecule has 0 spiro atoms. The molecule has 0 saturated heterocycles. The Hall–Kier alpha value is -0.770. The van der Waals surface area contributed by atoms with Gasteiger partial charge in [-0.1, -0.05) is 44.6 Å². The van der Waals surface area contributed by atoms with Crippen LogP contribution in [-0.4, -0.2) is 12.2 Å². The standard InChI is InChI=1S/C19H30NO5P2/c1-15-12-13-18(20)19(14-15)26(21)25-27(22,23-16-8-4-2-5-9-16)24-17-10-6-3-7-11-17/h12-14,16-17H,2-11,20H2,1H3/q+1. The van der Waals surface area contributed by atoms with Gasteiger partial charge in [-0.25, -0.2) is 4.57 Å². The van der Waals surface area contributed by atoms with Crippen molar-refractivity contribution in [3.63, 3.8) is 0 Å². The smallest absolute Gasteiger partial charge is 0.395 e. The molecule has 2 fully saturated rings. The molecule has 0 amide bonds. The van der Waals surface area contributed by atoms with Crippen molar-refractivity contribution in [2.75, 3.05) is 5.73 Å². The summed E-state index contributed by atoms with van der Waals surface area (Å²) >= 11 is 0. The molecule has 1 unspecified atom stereocenters. The Morgan fingerprint density at radius 2 is 1.48 bits per heavy atom. The summed E-state index contributed by atoms with van der Waals surface area (Å²) in [6.45, 7) is 1.88. The molecule has 6 nitrogen and oxygen atoms in total. The fraction of sp³-hybridized carbons (Fsp3) is 0.684. The number of nitrogens with two attached hydrogens (primary N) is 1. The summed E-state index contributed by atoms with van der Waals surface area (Å²) in [5.41, 5.74) is 7.20. The van der Waals surface area contributed by atoms with Crippen molar-refractivity contribution in [3.05, 3.63) is 23.8 Å². The molecule has 0 heterocycles. The topological polar surface area (TPSA) is 87.9 Å². The van der Waals surface area contributed by atoms with E-state index in [2.05, 4.69) is 0 Å². The highest BCUT2D eigenvalue weighted by atomic mass is 31.2. The lowest BCUT2D eigenvalue weighted by atomic mass is 9.98. The van der Waals surface area contributed by atoms with E-state index in [0.29, 0.717) is 11.0 Å². The van der Waals surface area contributed by atoms with Gasteiger partial charge in [-0.05, 0) is 59.2 Å². The Balaban J connectivity index is 1.76. The summed E-state index contributed by atoms with van der Waals surface area (Å²) < 4.78 is 43.4. The molecule has 0 aliphatic heterocycles. The van der Waals surface area contributed by atoms with Gasteiger partial charge in [0.15, 0.2) is 0 Å². The molecule has 2 saturated carbocycles. The van der Waals surface area contributed by atoms with Crippen molar-refractivity contribution in [3.8, 4) is 0 Å². The molecule has 0 bridgehead atoms. The van der Waals surface area contributed by atoms with Gasteiger partial charge >= 0.3 is 15.9 Å². The molecular weight excluding hydrogens is 384 g/mol. The number of nitrogen functional groups attached to an aromatic ring is 1. The Kier molecular flexibility index (Phi) is 7.47. The van der Waals surface area contributed by atoms with E-state index in [0.717, 1.165) is 69.8 Å². The highest BCUT2D eigenvalue weighted by Crippen LogP contribution is 2.60. The fourth-order valence-electron chi connectivity index (χ4n) is 3.72. The van der Waals surface area contributed by atoms with Crippen LogP contribution in [0.2, 0.25) is 0 Å². The summed E-state index contributed by atoms with van der Waals surface area (Å²) in [7, 11) is -6.39. The maximum Gasteiger partial charge on any atom is 0.561 e. The van der Waals surface area contributed by atoms with Crippen molar-refractivity contribution in [1.29, 1.82) is 0 Å². The van der Waals surface area contributed by atoms with Gasteiger partial charge < -0.3 is 5.73 Å². The van der Waals surface area contributed by atoms with E-state index in [4.69, 9.17) is 19.1 Å². The Labute approximate surface area is 162 Å². The Morgan fingerprint density at radius 3 is 2.00 bits per heavy atom. The van der Waals surface area contributed by atoms with Crippen LogP contribution in [0.5, 0.6) is 0 Å². The van der Waals surface area contributed by atoms with E-state index >= 15 is 0 Å². The first-order chi connectivity index (χ1) is 13.0. The third kappa shape index (κ3) is 6.10. The molecule has 0 radical (unpaired) electrons. The summed E-state index contributed by atoms with van der Waals surface area (Å²) in [5.74, 6) is 0. The Bertz CT molecular complexity index is 675. The van der Waals surface area contributed by atoms with Gasteiger partial charge in [0.05, 0.1) is 17.9 Å². The first-order valence-electron chi connectivity index (χ1n) is 9.95. The maximum absolute atomic E-state index is 13.4. The van der Waals surface area contributed by atoms with Crippen LogP contribution in [0, 0.1) is 6.92 Å². The highest BCUT2D eigenvalue weighted by molar-refractivity contribution is 7.62. The summed E-state index contributed by atoms with van der Waals surface area (Å²) in [6.07, 6.45) is 9.39. The average Bonchev–Trinajstić information content (AvgIpc) is 2.65. The number of rotatable bonds is 7. The molecule has 3 rings (SSSR count). The van der Waals surface area contributed by atoms with Crippen molar-refractivity contribution in [2.24, 2.45) is 0 Å². The minimum Gasteiger partial charge on any atom is -0.395 e. The molecule has 1 aromatic carbocycles. The number of anilines is 1. The first kappa shape index (κ1) is 21.0. The van der Waals surface area contributed by atoms with Crippen molar-refractivity contribution >= 4 is 26.8 Å². The molecule has 150 valence electrons. The SMILES string of the molecule is Cc1ccc(N)c([P+](=O)OP(=O)(OC2CCCCC2)OC2CCCCC2)c1. The summed E-state index contributed by atoms with van der Waals surface area (Å²) in [5, 5.41) is 0.338. The number of aryl methyl sites for hydroxylation is 1. The van der Waals surface area contributed by atoms with Gasteiger partial charge in [0.1, 0.15) is 0 Å². The molecule has 1 atom stereocenters. The third-order valence-corrected chi connectivity index (χ3v) is 8.50. The summed E-state index contributed by atoms with van der Waals surface area (Å²) in [4.78, 5) is 0. The zero-order valence-corrected chi connectivity index (χ0v) is 17.8. The lowest BCUT2D eigenvalue weighted by Crippen LogP contribution is -2.21. The second-order valence-electron chi connectivity index (χ2n) is 7.58. The minimum absolute atomic E-state index is 0.175. The van der Waals surface area contributed by atoms with E-state index in [-0.39, 0.29) is 12.2 Å². The first-order valence-corrected chi connectivity index (χ1v) is 12.6.